The van der Waals surface area contributed by atoms with Gasteiger partial charge in [-0.3, -0.25) is 0 Å². The van der Waals surface area contributed by atoms with Crippen molar-refractivity contribution < 1.29 is 9.21 Å². The lowest BCUT2D eigenvalue weighted by Gasteiger charge is -2.07. The van der Waals surface area contributed by atoms with Crippen LogP contribution in [0.1, 0.15) is 6.42 Å². The molecule has 3 N–H and O–H groups in total. The molecule has 120 valence electrons. The first-order chi connectivity index (χ1) is 11.7. The predicted octanol–water partition coefficient (Wildman–Crippen LogP) is 2.11. The van der Waals surface area contributed by atoms with Crippen LogP contribution < -0.4 is 11.1 Å². The fraction of sp³-hybridized carbons (Fsp3) is 0.125. The molecule has 0 aromatic carbocycles. The van der Waals surface area contributed by atoms with Crippen LogP contribution in [0.15, 0.2) is 52.9 Å². The highest BCUT2D eigenvalue weighted by Gasteiger charge is 2.18. The molecule has 8 heteroatoms. The number of nitrogens with one attached hydrogen (secondary N) is 1. The maximum absolute atomic E-state index is 12.4. The van der Waals surface area contributed by atoms with Crippen LogP contribution in [0, 0.1) is 0 Å². The van der Waals surface area contributed by atoms with E-state index in [4.69, 9.17) is 10.2 Å². The number of carbonyl (C=O) groups is 1. The Morgan fingerprint density at radius 3 is 3.08 bits per heavy atom. The topological polar surface area (TPSA) is 112 Å². The normalized spacial score (nSPS) is 13.4. The predicted molar refractivity (Wildman–Crippen MR) is 88.1 cm³/mol. The number of hydrogen-bond acceptors (Lipinski definition) is 6. The van der Waals surface area contributed by atoms with Crippen molar-refractivity contribution in [2.45, 2.75) is 6.42 Å². The fourth-order valence-corrected chi connectivity index (χ4v) is 2.55. The summed E-state index contributed by atoms with van der Waals surface area (Å²) in [5.74, 6) is 0.563. The molecule has 0 saturated heterocycles. The number of anilines is 1. The Labute approximate surface area is 136 Å². The maximum atomic E-state index is 12.4. The summed E-state index contributed by atoms with van der Waals surface area (Å²) < 4.78 is 6.68. The third kappa shape index (κ3) is 2.43. The summed E-state index contributed by atoms with van der Waals surface area (Å²) in [7, 11) is 0. The molecule has 0 spiro atoms. The Morgan fingerprint density at radius 2 is 2.33 bits per heavy atom. The van der Waals surface area contributed by atoms with E-state index in [1.165, 1.54) is 17.2 Å². The number of nitrogens with zero attached hydrogens (tertiary/aromatic N) is 4. The average Bonchev–Trinajstić information content (AvgIpc) is 3.31. The van der Waals surface area contributed by atoms with Gasteiger partial charge in [0, 0.05) is 6.54 Å². The van der Waals surface area contributed by atoms with E-state index in [-0.39, 0.29) is 12.0 Å². The standard InChI is InChI=1S/C16H14N6O2/c17-15-20-12(11-6-3-7-24-11)13-14(21-15)22(9-19-13)16(23)18-8-10-4-1-2-5-10/h1-4,6-7,9H,5,8H2,(H,18,23)(H2,17,20,21). The molecule has 0 radical (unpaired) electrons. The number of nitrogen functional groups attached to an aromatic ring is 1. The second-order valence-electron chi connectivity index (χ2n) is 5.31. The highest BCUT2D eigenvalue weighted by molar-refractivity contribution is 5.93. The number of aromatic nitrogens is 4. The Kier molecular flexibility index (Phi) is 3.34. The SMILES string of the molecule is Nc1nc(-c2ccco2)c2ncn(C(=O)NCC3=CC=CC3)c2n1. The molecule has 3 heterocycles. The van der Waals surface area contributed by atoms with Crippen LogP contribution in [0.4, 0.5) is 10.7 Å². The molecular formula is C16H14N6O2. The van der Waals surface area contributed by atoms with Gasteiger partial charge in [0.05, 0.1) is 6.26 Å². The van der Waals surface area contributed by atoms with E-state index in [0.717, 1.165) is 12.0 Å². The Morgan fingerprint density at radius 1 is 1.42 bits per heavy atom. The minimum absolute atomic E-state index is 0.0474. The van der Waals surface area contributed by atoms with Crippen molar-refractivity contribution in [1.29, 1.82) is 0 Å². The lowest BCUT2D eigenvalue weighted by Crippen LogP contribution is -2.29. The summed E-state index contributed by atoms with van der Waals surface area (Å²) in [6.07, 6.45) is 9.79. The van der Waals surface area contributed by atoms with Gasteiger partial charge in [-0.15, -0.1) is 0 Å². The quantitative estimate of drug-likeness (QED) is 0.764. The van der Waals surface area contributed by atoms with Crippen molar-refractivity contribution in [3.8, 4) is 11.5 Å². The molecule has 0 fully saturated rings. The van der Waals surface area contributed by atoms with Crippen molar-refractivity contribution in [3.63, 3.8) is 0 Å². The number of allylic oxidation sites excluding steroid dienone is 3. The summed E-state index contributed by atoms with van der Waals surface area (Å²) in [6.45, 7) is 0.469. The molecule has 8 nitrogen and oxygen atoms in total. The lowest BCUT2D eigenvalue weighted by molar-refractivity contribution is 0.244. The largest absolute Gasteiger partial charge is 0.463 e. The van der Waals surface area contributed by atoms with E-state index in [1.54, 1.807) is 12.1 Å². The van der Waals surface area contributed by atoms with Crippen LogP contribution >= 0.6 is 0 Å². The van der Waals surface area contributed by atoms with Crippen LogP contribution in [-0.2, 0) is 0 Å². The zero-order valence-corrected chi connectivity index (χ0v) is 12.6. The molecule has 4 rings (SSSR count). The Bertz CT molecular complexity index is 968. The molecule has 24 heavy (non-hydrogen) atoms. The van der Waals surface area contributed by atoms with Crippen molar-refractivity contribution in [1.82, 2.24) is 24.8 Å². The van der Waals surface area contributed by atoms with Crippen LogP contribution in [-0.4, -0.2) is 32.1 Å². The van der Waals surface area contributed by atoms with Gasteiger partial charge in [0.2, 0.25) is 5.95 Å². The molecule has 0 bridgehead atoms. The second kappa shape index (κ2) is 5.65. The van der Waals surface area contributed by atoms with Gasteiger partial charge < -0.3 is 15.5 Å². The summed E-state index contributed by atoms with van der Waals surface area (Å²) in [4.78, 5) is 25.0. The summed E-state index contributed by atoms with van der Waals surface area (Å²) in [5.41, 5.74) is 8.16. The molecule has 0 saturated carbocycles. The number of amides is 1. The Hall–Kier alpha value is -3.42. The first-order valence-corrected chi connectivity index (χ1v) is 7.39. The van der Waals surface area contributed by atoms with E-state index in [0.29, 0.717) is 29.2 Å². The first-order valence-electron chi connectivity index (χ1n) is 7.39. The molecule has 1 aliphatic rings. The number of hydrogen-bond donors (Lipinski definition) is 2. The molecule has 0 unspecified atom stereocenters. The van der Waals surface area contributed by atoms with Gasteiger partial charge in [0.25, 0.3) is 0 Å². The van der Waals surface area contributed by atoms with Crippen LogP contribution in [0.3, 0.4) is 0 Å². The fourth-order valence-electron chi connectivity index (χ4n) is 2.55. The minimum Gasteiger partial charge on any atom is -0.463 e. The number of furan rings is 1. The second-order valence-corrected chi connectivity index (χ2v) is 5.31. The molecular weight excluding hydrogens is 308 g/mol. The molecule has 0 atom stereocenters. The molecule has 3 aromatic heterocycles. The number of fused-ring (bicyclic) bond motifs is 1. The van der Waals surface area contributed by atoms with Crippen molar-refractivity contribution >= 4 is 23.1 Å². The van der Waals surface area contributed by atoms with E-state index in [9.17, 15) is 4.79 Å². The first kappa shape index (κ1) is 14.2. The number of nitrogens with two attached hydrogens (primary N) is 1. The van der Waals surface area contributed by atoms with E-state index in [1.807, 2.05) is 18.2 Å². The lowest BCUT2D eigenvalue weighted by atomic mass is 10.2. The van der Waals surface area contributed by atoms with Gasteiger partial charge in [-0.25, -0.2) is 19.3 Å². The van der Waals surface area contributed by atoms with E-state index in [2.05, 4.69) is 20.3 Å². The van der Waals surface area contributed by atoms with Gasteiger partial charge in [0.1, 0.15) is 17.5 Å². The number of carbonyl (C=O) groups excluding carboxylic acids is 1. The van der Waals surface area contributed by atoms with Crippen LogP contribution in [0.2, 0.25) is 0 Å². The highest BCUT2D eigenvalue weighted by Crippen LogP contribution is 2.25. The van der Waals surface area contributed by atoms with Crippen molar-refractivity contribution in [2.75, 3.05) is 12.3 Å². The summed E-state index contributed by atoms with van der Waals surface area (Å²) in [6, 6.07) is 3.17. The number of imidazole rings is 1. The monoisotopic (exact) mass is 322 g/mol. The minimum atomic E-state index is -0.325. The average molecular weight is 322 g/mol. The molecule has 0 aliphatic heterocycles. The van der Waals surface area contributed by atoms with Gasteiger partial charge in [-0.05, 0) is 24.1 Å². The Balaban J connectivity index is 1.68. The van der Waals surface area contributed by atoms with E-state index < -0.39 is 0 Å². The smallest absolute Gasteiger partial charge is 0.328 e. The van der Waals surface area contributed by atoms with Gasteiger partial charge in [0.15, 0.2) is 11.4 Å². The summed E-state index contributed by atoms with van der Waals surface area (Å²) >= 11 is 0. The zero-order valence-electron chi connectivity index (χ0n) is 12.6. The van der Waals surface area contributed by atoms with Gasteiger partial charge in [-0.2, -0.15) is 4.98 Å². The third-order valence-corrected chi connectivity index (χ3v) is 3.70. The van der Waals surface area contributed by atoms with Crippen LogP contribution in [0.25, 0.3) is 22.6 Å². The number of rotatable bonds is 3. The maximum Gasteiger partial charge on any atom is 0.328 e. The van der Waals surface area contributed by atoms with Crippen LogP contribution in [0.5, 0.6) is 0 Å². The van der Waals surface area contributed by atoms with E-state index >= 15 is 0 Å². The molecule has 1 amide bonds. The van der Waals surface area contributed by atoms with Gasteiger partial charge in [-0.1, -0.05) is 18.2 Å². The molecule has 1 aliphatic carbocycles. The highest BCUT2D eigenvalue weighted by atomic mass is 16.3. The molecule has 3 aromatic rings. The third-order valence-electron chi connectivity index (χ3n) is 3.70. The summed E-state index contributed by atoms with van der Waals surface area (Å²) in [5, 5.41) is 2.84. The van der Waals surface area contributed by atoms with Crippen molar-refractivity contribution in [3.05, 3.63) is 48.5 Å². The van der Waals surface area contributed by atoms with Gasteiger partial charge >= 0.3 is 6.03 Å². The zero-order chi connectivity index (χ0) is 16.5. The van der Waals surface area contributed by atoms with Crippen molar-refractivity contribution in [2.24, 2.45) is 0 Å².